The number of hydrogen-bond acceptors (Lipinski definition) is 2. The number of aromatic nitrogens is 2. The van der Waals surface area contributed by atoms with Crippen LogP contribution in [-0.4, -0.2) is 15.8 Å². The van der Waals surface area contributed by atoms with Gasteiger partial charge in [-0.05, 0) is 43.9 Å². The van der Waals surface area contributed by atoms with E-state index in [1.165, 1.54) is 36.9 Å². The van der Waals surface area contributed by atoms with Crippen LogP contribution in [0, 0.1) is 24.7 Å². The fraction of sp³-hybridized carbons (Fsp3) is 0.812. The van der Waals surface area contributed by atoms with Crippen molar-refractivity contribution in [1.82, 2.24) is 15.1 Å². The van der Waals surface area contributed by atoms with Crippen molar-refractivity contribution in [3.63, 3.8) is 0 Å². The van der Waals surface area contributed by atoms with Crippen LogP contribution in [0.2, 0.25) is 0 Å². The molecule has 3 heteroatoms. The maximum atomic E-state index is 4.62. The van der Waals surface area contributed by atoms with Gasteiger partial charge in [-0.1, -0.05) is 20.3 Å². The summed E-state index contributed by atoms with van der Waals surface area (Å²) in [4.78, 5) is 0. The average Bonchev–Trinajstić information content (AvgIpc) is 3.05. The van der Waals surface area contributed by atoms with E-state index in [4.69, 9.17) is 0 Å². The van der Waals surface area contributed by atoms with Gasteiger partial charge in [0, 0.05) is 30.4 Å². The molecule has 2 aliphatic rings. The number of hydrogen-bond donors (Lipinski definition) is 1. The monoisotopic (exact) mass is 261 g/mol. The summed E-state index contributed by atoms with van der Waals surface area (Å²) in [6.45, 7) is 8.69. The smallest absolute Gasteiger partial charge is 0.0537 e. The molecule has 0 saturated heterocycles. The Labute approximate surface area is 116 Å². The lowest BCUT2D eigenvalue weighted by atomic mass is 9.89. The van der Waals surface area contributed by atoms with Crippen molar-refractivity contribution >= 4 is 0 Å². The quantitative estimate of drug-likeness (QED) is 0.882. The number of nitrogens with one attached hydrogen (secondary N) is 1. The van der Waals surface area contributed by atoms with Crippen LogP contribution in [0.1, 0.15) is 50.8 Å². The van der Waals surface area contributed by atoms with E-state index in [0.717, 1.165) is 30.8 Å². The largest absolute Gasteiger partial charge is 0.310 e. The van der Waals surface area contributed by atoms with E-state index in [1.54, 1.807) is 0 Å². The maximum absolute atomic E-state index is 4.62. The van der Waals surface area contributed by atoms with Crippen LogP contribution >= 0.6 is 0 Å². The second-order valence-electron chi connectivity index (χ2n) is 6.91. The summed E-state index contributed by atoms with van der Waals surface area (Å²) in [5.74, 6) is 2.92. The molecular weight excluding hydrogens is 234 g/mol. The number of fused-ring (bicyclic) bond motifs is 2. The third-order valence-electron chi connectivity index (χ3n) is 5.20. The summed E-state index contributed by atoms with van der Waals surface area (Å²) < 4.78 is 2.25. The summed E-state index contributed by atoms with van der Waals surface area (Å²) in [7, 11) is 0. The fourth-order valence-corrected chi connectivity index (χ4v) is 3.98. The van der Waals surface area contributed by atoms with Gasteiger partial charge in [-0.25, -0.2) is 0 Å². The van der Waals surface area contributed by atoms with Crippen LogP contribution in [-0.2, 0) is 13.1 Å². The van der Waals surface area contributed by atoms with Crippen molar-refractivity contribution in [2.24, 2.45) is 17.8 Å². The molecule has 0 spiro atoms. The van der Waals surface area contributed by atoms with E-state index < -0.39 is 0 Å². The summed E-state index contributed by atoms with van der Waals surface area (Å²) in [5.41, 5.74) is 2.72. The van der Waals surface area contributed by atoms with E-state index in [1.807, 2.05) is 0 Å². The van der Waals surface area contributed by atoms with Crippen LogP contribution < -0.4 is 5.32 Å². The van der Waals surface area contributed by atoms with Gasteiger partial charge < -0.3 is 5.32 Å². The molecule has 3 nitrogen and oxygen atoms in total. The van der Waals surface area contributed by atoms with Crippen LogP contribution in [0.3, 0.4) is 0 Å². The summed E-state index contributed by atoms with van der Waals surface area (Å²) in [5, 5.41) is 8.10. The minimum absolute atomic E-state index is 0.535. The minimum atomic E-state index is 0.535. The number of rotatable bonds is 5. The van der Waals surface area contributed by atoms with Crippen LogP contribution in [0.4, 0.5) is 0 Å². The highest BCUT2D eigenvalue weighted by Crippen LogP contribution is 2.48. The highest BCUT2D eigenvalue weighted by Gasteiger charge is 2.39. The Kier molecular flexibility index (Phi) is 3.66. The van der Waals surface area contributed by atoms with Gasteiger partial charge in [0.05, 0.1) is 6.20 Å². The summed E-state index contributed by atoms with van der Waals surface area (Å²) in [6, 6.07) is 0.535. The zero-order valence-electron chi connectivity index (χ0n) is 12.5. The summed E-state index contributed by atoms with van der Waals surface area (Å²) in [6.07, 6.45) is 7.95. The zero-order valence-corrected chi connectivity index (χ0v) is 12.5. The normalized spacial score (nSPS) is 29.6. The maximum Gasteiger partial charge on any atom is 0.0537 e. The van der Waals surface area contributed by atoms with Crippen molar-refractivity contribution in [1.29, 1.82) is 0 Å². The Morgan fingerprint density at radius 1 is 1.37 bits per heavy atom. The van der Waals surface area contributed by atoms with Gasteiger partial charge in [-0.15, -0.1) is 0 Å². The first kappa shape index (κ1) is 13.2. The van der Waals surface area contributed by atoms with Crippen molar-refractivity contribution in [3.05, 3.63) is 17.5 Å². The van der Waals surface area contributed by atoms with E-state index in [2.05, 4.69) is 42.1 Å². The SMILES string of the molecule is Cc1c(CNC(C)C)cnn1CC1CC2CCC1C2. The van der Waals surface area contributed by atoms with Crippen molar-refractivity contribution in [2.75, 3.05) is 0 Å². The molecule has 19 heavy (non-hydrogen) atoms. The van der Waals surface area contributed by atoms with Gasteiger partial charge in [0.15, 0.2) is 0 Å². The molecule has 1 N–H and O–H groups in total. The first-order valence-corrected chi connectivity index (χ1v) is 7.88. The Morgan fingerprint density at radius 3 is 2.84 bits per heavy atom. The molecule has 2 fully saturated rings. The predicted octanol–water partition coefficient (Wildman–Crippen LogP) is 3.13. The van der Waals surface area contributed by atoms with E-state index in [9.17, 15) is 0 Å². The Hall–Kier alpha value is -0.830. The predicted molar refractivity (Wildman–Crippen MR) is 77.9 cm³/mol. The topological polar surface area (TPSA) is 29.9 Å². The van der Waals surface area contributed by atoms with Crippen molar-refractivity contribution < 1.29 is 0 Å². The van der Waals surface area contributed by atoms with Crippen molar-refractivity contribution in [2.45, 2.75) is 65.6 Å². The highest BCUT2D eigenvalue weighted by molar-refractivity contribution is 5.16. The molecule has 0 radical (unpaired) electrons. The Morgan fingerprint density at radius 2 is 2.21 bits per heavy atom. The van der Waals surface area contributed by atoms with Gasteiger partial charge >= 0.3 is 0 Å². The average molecular weight is 261 g/mol. The first-order valence-electron chi connectivity index (χ1n) is 7.88. The lowest BCUT2D eigenvalue weighted by molar-refractivity contribution is 0.283. The van der Waals surface area contributed by atoms with Gasteiger partial charge in [0.25, 0.3) is 0 Å². The third-order valence-corrected chi connectivity index (χ3v) is 5.20. The van der Waals surface area contributed by atoms with Gasteiger partial charge in [-0.3, -0.25) is 4.68 Å². The molecule has 1 heterocycles. The van der Waals surface area contributed by atoms with E-state index in [0.29, 0.717) is 6.04 Å². The molecule has 106 valence electrons. The molecule has 1 aromatic heterocycles. The van der Waals surface area contributed by atoms with Crippen LogP contribution in [0.25, 0.3) is 0 Å². The molecule has 0 aromatic carbocycles. The van der Waals surface area contributed by atoms with Gasteiger partial charge in [-0.2, -0.15) is 5.10 Å². The second-order valence-corrected chi connectivity index (χ2v) is 6.91. The van der Waals surface area contributed by atoms with Gasteiger partial charge in [0.1, 0.15) is 0 Å². The van der Waals surface area contributed by atoms with Gasteiger partial charge in [0.2, 0.25) is 0 Å². The lowest BCUT2D eigenvalue weighted by Gasteiger charge is -2.22. The molecule has 3 atom stereocenters. The molecule has 0 aliphatic heterocycles. The van der Waals surface area contributed by atoms with E-state index in [-0.39, 0.29) is 0 Å². The molecule has 0 amide bonds. The van der Waals surface area contributed by atoms with Crippen LogP contribution in [0.5, 0.6) is 0 Å². The fourth-order valence-electron chi connectivity index (χ4n) is 3.98. The summed E-state index contributed by atoms with van der Waals surface area (Å²) >= 11 is 0. The Balaban J connectivity index is 1.62. The van der Waals surface area contributed by atoms with Crippen LogP contribution in [0.15, 0.2) is 6.20 Å². The standard InChI is InChI=1S/C16H27N3/c1-11(2)17-8-16-9-18-19(12(16)3)10-15-7-13-4-5-14(15)6-13/h9,11,13-15,17H,4-8,10H2,1-3H3. The molecule has 3 unspecified atom stereocenters. The third kappa shape index (κ3) is 2.71. The number of nitrogens with zero attached hydrogens (tertiary/aromatic N) is 2. The minimum Gasteiger partial charge on any atom is -0.310 e. The zero-order chi connectivity index (χ0) is 13.4. The lowest BCUT2D eigenvalue weighted by Crippen LogP contribution is -2.22. The molecule has 2 aliphatic carbocycles. The highest BCUT2D eigenvalue weighted by atomic mass is 15.3. The Bertz CT molecular complexity index is 435. The molecule has 1 aromatic rings. The molecule has 3 rings (SSSR count). The first-order chi connectivity index (χ1) is 9.13. The molecule has 2 bridgehead atoms. The molecular formula is C16H27N3. The van der Waals surface area contributed by atoms with Crippen molar-refractivity contribution in [3.8, 4) is 0 Å². The van der Waals surface area contributed by atoms with E-state index >= 15 is 0 Å². The second kappa shape index (κ2) is 5.28. The molecule has 2 saturated carbocycles.